The van der Waals surface area contributed by atoms with Crippen LogP contribution in [0.25, 0.3) is 26.8 Å². The predicted molar refractivity (Wildman–Crippen MR) is 122 cm³/mol. The molecule has 5 nitrogen and oxygen atoms in total. The lowest BCUT2D eigenvalue weighted by atomic mass is 10.0. The Morgan fingerprint density at radius 3 is 2.34 bits per heavy atom. The third kappa shape index (κ3) is 4.35. The Hall–Kier alpha value is -2.66. The molecule has 0 bridgehead atoms. The molecule has 3 rings (SSSR count). The summed E-state index contributed by atoms with van der Waals surface area (Å²) in [5.74, 6) is 0. The van der Waals surface area contributed by atoms with Crippen LogP contribution in [-0.4, -0.2) is 21.5 Å². The number of anilines is 1. The topological polar surface area (TPSA) is 87.2 Å². The molecule has 0 unspecified atom stereocenters. The van der Waals surface area contributed by atoms with Crippen LogP contribution in [0.5, 0.6) is 0 Å². The lowest BCUT2D eigenvalue weighted by Gasteiger charge is -2.21. The van der Waals surface area contributed by atoms with Gasteiger partial charge < -0.3 is 4.90 Å². The van der Waals surface area contributed by atoms with E-state index >= 15 is 0 Å². The minimum absolute atomic E-state index is 0.371. The van der Waals surface area contributed by atoms with Crippen LogP contribution in [0, 0.1) is 11.3 Å². The number of fused-ring (bicyclic) bond motifs is 1. The van der Waals surface area contributed by atoms with E-state index in [0.717, 1.165) is 28.9 Å². The van der Waals surface area contributed by atoms with E-state index in [1.54, 1.807) is 13.0 Å². The van der Waals surface area contributed by atoms with Gasteiger partial charge in [-0.1, -0.05) is 18.2 Å². The summed E-state index contributed by atoms with van der Waals surface area (Å²) < 4.78 is 23.2. The second kappa shape index (κ2) is 8.37. The zero-order chi connectivity index (χ0) is 21.2. The van der Waals surface area contributed by atoms with Crippen LogP contribution in [0.2, 0.25) is 0 Å². The van der Waals surface area contributed by atoms with Crippen LogP contribution in [0.1, 0.15) is 25.6 Å². The maximum Gasteiger partial charge on any atom is 0.248 e. The Labute approximate surface area is 175 Å². The number of allylic oxidation sites excluding steroid dienone is 2. The number of benzene rings is 2. The maximum absolute atomic E-state index is 11.6. The van der Waals surface area contributed by atoms with Crippen molar-refractivity contribution in [3.8, 4) is 16.5 Å². The van der Waals surface area contributed by atoms with Gasteiger partial charge in [0.05, 0.1) is 0 Å². The summed E-state index contributed by atoms with van der Waals surface area (Å²) in [6.07, 6.45) is 0. The van der Waals surface area contributed by atoms with Gasteiger partial charge in [-0.2, -0.15) is 5.26 Å². The standard InChI is InChI=1S/C22H23N3O2S2/c1-4-25(5-2)19-9-8-16-12-18(7-6-17(16)13-19)21-11-10-20(28-21)15(3)22(14-23)29(24,26)27/h6-13H,4-5H2,1-3H3,(H2,24,26,27). The number of nitrogens with zero attached hydrogens (tertiary/aromatic N) is 2. The van der Waals surface area contributed by atoms with Gasteiger partial charge in [0.25, 0.3) is 0 Å². The van der Waals surface area contributed by atoms with Crippen molar-refractivity contribution in [2.75, 3.05) is 18.0 Å². The summed E-state index contributed by atoms with van der Waals surface area (Å²) in [6.45, 7) is 7.83. The van der Waals surface area contributed by atoms with Crippen molar-refractivity contribution in [2.24, 2.45) is 5.14 Å². The molecule has 0 saturated heterocycles. The van der Waals surface area contributed by atoms with E-state index in [1.807, 2.05) is 12.1 Å². The van der Waals surface area contributed by atoms with Crippen LogP contribution in [-0.2, 0) is 10.0 Å². The third-order valence-electron chi connectivity index (χ3n) is 4.94. The van der Waals surface area contributed by atoms with E-state index in [0.29, 0.717) is 10.5 Å². The molecule has 7 heteroatoms. The number of rotatable bonds is 6. The predicted octanol–water partition coefficient (Wildman–Crippen LogP) is 4.96. The molecule has 0 aliphatic carbocycles. The van der Waals surface area contributed by atoms with Gasteiger partial charge in [0.15, 0.2) is 4.91 Å². The quantitative estimate of drug-likeness (QED) is 0.566. The molecule has 0 fully saturated rings. The molecule has 1 aromatic heterocycles. The van der Waals surface area contributed by atoms with E-state index < -0.39 is 14.9 Å². The van der Waals surface area contributed by atoms with Gasteiger partial charge in [0.2, 0.25) is 10.0 Å². The fourth-order valence-corrected chi connectivity index (χ4v) is 5.08. The summed E-state index contributed by atoms with van der Waals surface area (Å²) in [5.41, 5.74) is 2.63. The molecule has 0 saturated carbocycles. The van der Waals surface area contributed by atoms with Gasteiger partial charge in [-0.3, -0.25) is 0 Å². The average molecular weight is 426 g/mol. The van der Waals surface area contributed by atoms with Gasteiger partial charge in [-0.15, -0.1) is 11.3 Å². The van der Waals surface area contributed by atoms with E-state index in [1.165, 1.54) is 22.4 Å². The number of primary sulfonamides is 1. The fourth-order valence-electron chi connectivity index (χ4n) is 3.34. The molecule has 1 heterocycles. The molecule has 2 N–H and O–H groups in total. The van der Waals surface area contributed by atoms with Gasteiger partial charge in [-0.25, -0.2) is 13.6 Å². The Morgan fingerprint density at radius 1 is 1.07 bits per heavy atom. The number of hydrogen-bond donors (Lipinski definition) is 1. The Kier molecular flexibility index (Phi) is 6.08. The molecular weight excluding hydrogens is 402 g/mol. The summed E-state index contributed by atoms with van der Waals surface area (Å²) in [4.78, 5) is 3.63. The van der Waals surface area contributed by atoms with Crippen molar-refractivity contribution in [3.05, 3.63) is 58.3 Å². The van der Waals surface area contributed by atoms with E-state index in [2.05, 4.69) is 55.1 Å². The van der Waals surface area contributed by atoms with Crippen LogP contribution >= 0.6 is 11.3 Å². The number of nitriles is 1. The van der Waals surface area contributed by atoms with Crippen molar-refractivity contribution in [1.29, 1.82) is 5.26 Å². The maximum atomic E-state index is 11.6. The van der Waals surface area contributed by atoms with Crippen molar-refractivity contribution >= 4 is 43.4 Å². The number of nitrogens with two attached hydrogens (primary N) is 1. The van der Waals surface area contributed by atoms with Crippen LogP contribution in [0.4, 0.5) is 5.69 Å². The zero-order valence-electron chi connectivity index (χ0n) is 16.6. The molecule has 0 atom stereocenters. The number of hydrogen-bond acceptors (Lipinski definition) is 5. The highest BCUT2D eigenvalue weighted by Crippen LogP contribution is 2.35. The van der Waals surface area contributed by atoms with Crippen molar-refractivity contribution < 1.29 is 8.42 Å². The van der Waals surface area contributed by atoms with Crippen molar-refractivity contribution in [2.45, 2.75) is 20.8 Å². The van der Waals surface area contributed by atoms with Crippen LogP contribution in [0.15, 0.2) is 53.4 Å². The minimum atomic E-state index is -4.04. The summed E-state index contributed by atoms with van der Waals surface area (Å²) >= 11 is 1.44. The van der Waals surface area contributed by atoms with Crippen LogP contribution < -0.4 is 10.0 Å². The van der Waals surface area contributed by atoms with Crippen molar-refractivity contribution in [3.63, 3.8) is 0 Å². The number of thiophene rings is 1. The molecule has 150 valence electrons. The Balaban J connectivity index is 1.99. The molecule has 3 aromatic rings. The first-order valence-electron chi connectivity index (χ1n) is 9.31. The van der Waals surface area contributed by atoms with Gasteiger partial charge in [-0.05, 0) is 73.0 Å². The molecule has 0 aliphatic heterocycles. The van der Waals surface area contributed by atoms with E-state index in [9.17, 15) is 8.42 Å². The molecule has 2 aromatic carbocycles. The van der Waals surface area contributed by atoms with Crippen LogP contribution in [0.3, 0.4) is 0 Å². The first-order chi connectivity index (χ1) is 13.8. The summed E-state index contributed by atoms with van der Waals surface area (Å²) in [6, 6.07) is 18.2. The molecule has 0 radical (unpaired) electrons. The second-order valence-corrected chi connectivity index (χ2v) is 9.28. The first kappa shape index (κ1) is 21.1. The highest BCUT2D eigenvalue weighted by atomic mass is 32.2. The van der Waals surface area contributed by atoms with E-state index in [-0.39, 0.29) is 0 Å². The fraction of sp³-hybridized carbons (Fsp3) is 0.227. The molecular formula is C22H23N3O2S2. The highest BCUT2D eigenvalue weighted by Gasteiger charge is 2.18. The molecule has 0 amide bonds. The summed E-state index contributed by atoms with van der Waals surface area (Å²) in [7, 11) is -4.04. The zero-order valence-corrected chi connectivity index (χ0v) is 18.3. The average Bonchev–Trinajstić information content (AvgIpc) is 3.18. The van der Waals surface area contributed by atoms with E-state index in [4.69, 9.17) is 10.4 Å². The lowest BCUT2D eigenvalue weighted by molar-refractivity contribution is 0.605. The number of sulfonamides is 1. The molecule has 0 aliphatic rings. The lowest BCUT2D eigenvalue weighted by Crippen LogP contribution is -2.21. The SMILES string of the molecule is CCN(CC)c1ccc2cc(-c3ccc(C(C)=C(C#N)S(N)(=O)=O)s3)ccc2c1. The molecule has 0 spiro atoms. The Bertz CT molecular complexity index is 1230. The third-order valence-corrected chi connectivity index (χ3v) is 7.16. The monoisotopic (exact) mass is 425 g/mol. The molecule has 29 heavy (non-hydrogen) atoms. The minimum Gasteiger partial charge on any atom is -0.372 e. The van der Waals surface area contributed by atoms with Crippen molar-refractivity contribution in [1.82, 2.24) is 0 Å². The smallest absolute Gasteiger partial charge is 0.248 e. The normalized spacial score (nSPS) is 12.5. The highest BCUT2D eigenvalue weighted by molar-refractivity contribution is 7.93. The summed E-state index contributed by atoms with van der Waals surface area (Å²) in [5, 5.41) is 16.6. The van der Waals surface area contributed by atoms with Gasteiger partial charge in [0, 0.05) is 28.5 Å². The first-order valence-corrected chi connectivity index (χ1v) is 11.7. The van der Waals surface area contributed by atoms with Gasteiger partial charge in [0.1, 0.15) is 6.07 Å². The second-order valence-electron chi connectivity index (χ2n) is 6.69. The Morgan fingerprint density at radius 2 is 1.72 bits per heavy atom. The van der Waals surface area contributed by atoms with Gasteiger partial charge >= 0.3 is 0 Å². The largest absolute Gasteiger partial charge is 0.372 e.